The zero-order valence-corrected chi connectivity index (χ0v) is 13.0. The molecule has 0 bridgehead atoms. The third-order valence-corrected chi connectivity index (χ3v) is 5.76. The van der Waals surface area contributed by atoms with Crippen molar-refractivity contribution in [2.75, 3.05) is 32.7 Å². The third-order valence-electron chi connectivity index (χ3n) is 5.76. The summed E-state index contributed by atoms with van der Waals surface area (Å²) < 4.78 is 0. The minimum atomic E-state index is 0.920. The van der Waals surface area contributed by atoms with E-state index in [-0.39, 0.29) is 0 Å². The number of fused-ring (bicyclic) bond motifs is 1. The molecule has 1 saturated carbocycles. The van der Waals surface area contributed by atoms with Crippen LogP contribution in [0.4, 0.5) is 0 Å². The van der Waals surface area contributed by atoms with Crippen molar-refractivity contribution in [3.8, 4) is 0 Å². The van der Waals surface area contributed by atoms with E-state index in [1.165, 1.54) is 64.0 Å². The van der Waals surface area contributed by atoms with E-state index < -0.39 is 0 Å². The molecule has 2 saturated heterocycles. The molecule has 0 aromatic carbocycles. The Kier molecular flexibility index (Phi) is 3.95. The van der Waals surface area contributed by atoms with E-state index in [4.69, 9.17) is 0 Å². The topological polar surface area (TPSA) is 19.4 Å². The van der Waals surface area contributed by atoms with Gasteiger partial charge in [0.1, 0.15) is 0 Å². The lowest BCUT2D eigenvalue weighted by Crippen LogP contribution is -2.31. The molecule has 0 amide bonds. The molecule has 3 nitrogen and oxygen atoms in total. The molecule has 1 aliphatic carbocycles. The van der Waals surface area contributed by atoms with E-state index in [1.54, 1.807) is 0 Å². The molecular weight excluding hydrogens is 258 g/mol. The van der Waals surface area contributed by atoms with Crippen LogP contribution in [-0.2, 0) is 6.54 Å². The SMILES string of the molecule is c1cncc(CN2C[C@@H]3CN(CC4CCCC4)C[C@@H]3C2)c1. The van der Waals surface area contributed by atoms with Crippen molar-refractivity contribution in [1.82, 2.24) is 14.8 Å². The predicted octanol–water partition coefficient (Wildman–Crippen LogP) is 2.64. The summed E-state index contributed by atoms with van der Waals surface area (Å²) in [5.74, 6) is 2.85. The maximum Gasteiger partial charge on any atom is 0.0312 e. The van der Waals surface area contributed by atoms with E-state index in [2.05, 4.69) is 26.9 Å². The molecule has 114 valence electrons. The fraction of sp³-hybridized carbons (Fsp3) is 0.722. The first-order chi connectivity index (χ1) is 10.4. The standard InChI is InChI=1S/C18H27N3/c1-2-5-15(4-1)9-20-11-17-13-21(14-18(17)12-20)10-16-6-3-7-19-8-16/h3,6-8,15,17-18H,1-2,4-5,9-14H2/t17-,18+. The van der Waals surface area contributed by atoms with Crippen molar-refractivity contribution in [2.24, 2.45) is 17.8 Å². The molecule has 4 rings (SSSR count). The highest BCUT2D eigenvalue weighted by molar-refractivity contribution is 5.09. The van der Waals surface area contributed by atoms with Gasteiger partial charge in [-0.05, 0) is 42.2 Å². The van der Waals surface area contributed by atoms with Crippen molar-refractivity contribution < 1.29 is 0 Å². The zero-order valence-electron chi connectivity index (χ0n) is 13.0. The number of hydrogen-bond acceptors (Lipinski definition) is 3. The Morgan fingerprint density at radius 2 is 1.71 bits per heavy atom. The molecule has 2 aliphatic heterocycles. The highest BCUT2D eigenvalue weighted by Gasteiger charge is 2.40. The van der Waals surface area contributed by atoms with E-state index in [1.807, 2.05) is 12.4 Å². The Hall–Kier alpha value is -0.930. The van der Waals surface area contributed by atoms with Gasteiger partial charge in [-0.15, -0.1) is 0 Å². The first-order valence-corrected chi connectivity index (χ1v) is 8.70. The van der Waals surface area contributed by atoms with Crippen molar-refractivity contribution in [2.45, 2.75) is 32.2 Å². The van der Waals surface area contributed by atoms with Crippen LogP contribution in [0, 0.1) is 17.8 Å². The third kappa shape index (κ3) is 3.14. The number of aromatic nitrogens is 1. The summed E-state index contributed by atoms with van der Waals surface area (Å²) in [6.07, 6.45) is 9.80. The van der Waals surface area contributed by atoms with Gasteiger partial charge in [-0.1, -0.05) is 18.9 Å². The molecule has 1 aromatic rings. The van der Waals surface area contributed by atoms with Gasteiger partial charge in [-0.2, -0.15) is 0 Å². The molecule has 0 spiro atoms. The van der Waals surface area contributed by atoms with Crippen LogP contribution in [0.25, 0.3) is 0 Å². The van der Waals surface area contributed by atoms with Crippen LogP contribution in [0.3, 0.4) is 0 Å². The van der Waals surface area contributed by atoms with E-state index in [0.29, 0.717) is 0 Å². The number of likely N-dealkylation sites (tertiary alicyclic amines) is 2. The predicted molar refractivity (Wildman–Crippen MR) is 84.9 cm³/mol. The van der Waals surface area contributed by atoms with Crippen molar-refractivity contribution in [3.63, 3.8) is 0 Å². The summed E-state index contributed by atoms with van der Waals surface area (Å²) in [6.45, 7) is 7.76. The van der Waals surface area contributed by atoms with Gasteiger partial charge in [0.2, 0.25) is 0 Å². The molecule has 3 heteroatoms. The molecule has 21 heavy (non-hydrogen) atoms. The fourth-order valence-corrected chi connectivity index (χ4v) is 4.77. The summed E-state index contributed by atoms with van der Waals surface area (Å²) in [5, 5.41) is 0. The van der Waals surface area contributed by atoms with Crippen LogP contribution in [0.5, 0.6) is 0 Å². The van der Waals surface area contributed by atoms with Gasteiger partial charge in [0.15, 0.2) is 0 Å². The summed E-state index contributed by atoms with van der Waals surface area (Å²) in [4.78, 5) is 9.64. The maximum atomic E-state index is 4.23. The van der Waals surface area contributed by atoms with Crippen LogP contribution in [-0.4, -0.2) is 47.5 Å². The normalized spacial score (nSPS) is 31.0. The average Bonchev–Trinajstić information content (AvgIpc) is 3.17. The lowest BCUT2D eigenvalue weighted by molar-refractivity contribution is 0.227. The van der Waals surface area contributed by atoms with Gasteiger partial charge in [-0.25, -0.2) is 0 Å². The second kappa shape index (κ2) is 6.05. The fourth-order valence-electron chi connectivity index (χ4n) is 4.77. The molecule has 0 unspecified atom stereocenters. The zero-order chi connectivity index (χ0) is 14.1. The summed E-state index contributed by atoms with van der Waals surface area (Å²) in [7, 11) is 0. The Labute approximate surface area is 128 Å². The molecular formula is C18H27N3. The molecule has 1 aromatic heterocycles. The number of nitrogens with zero attached hydrogens (tertiary/aromatic N) is 3. The number of pyridine rings is 1. The summed E-state index contributed by atoms with van der Waals surface area (Å²) >= 11 is 0. The molecule has 3 fully saturated rings. The van der Waals surface area contributed by atoms with Gasteiger partial charge in [0.05, 0.1) is 0 Å². The van der Waals surface area contributed by atoms with Gasteiger partial charge < -0.3 is 4.90 Å². The summed E-state index contributed by atoms with van der Waals surface area (Å²) in [6, 6.07) is 4.25. The highest BCUT2D eigenvalue weighted by Crippen LogP contribution is 2.34. The Balaban J connectivity index is 1.27. The second-order valence-corrected chi connectivity index (χ2v) is 7.44. The van der Waals surface area contributed by atoms with Gasteiger partial charge in [0, 0.05) is 51.7 Å². The van der Waals surface area contributed by atoms with Crippen molar-refractivity contribution in [3.05, 3.63) is 30.1 Å². The van der Waals surface area contributed by atoms with Crippen molar-refractivity contribution >= 4 is 0 Å². The first kappa shape index (κ1) is 13.7. The molecule has 0 radical (unpaired) electrons. The molecule has 3 aliphatic rings. The van der Waals surface area contributed by atoms with Gasteiger partial charge >= 0.3 is 0 Å². The average molecular weight is 285 g/mol. The van der Waals surface area contributed by atoms with E-state index in [0.717, 1.165) is 24.3 Å². The Morgan fingerprint density at radius 1 is 1.00 bits per heavy atom. The molecule has 2 atom stereocenters. The summed E-state index contributed by atoms with van der Waals surface area (Å²) in [5.41, 5.74) is 1.36. The number of rotatable bonds is 4. The van der Waals surface area contributed by atoms with E-state index >= 15 is 0 Å². The monoisotopic (exact) mass is 285 g/mol. The van der Waals surface area contributed by atoms with Gasteiger partial charge in [-0.3, -0.25) is 9.88 Å². The van der Waals surface area contributed by atoms with Crippen LogP contribution in [0.2, 0.25) is 0 Å². The van der Waals surface area contributed by atoms with Crippen LogP contribution < -0.4 is 0 Å². The lowest BCUT2D eigenvalue weighted by Gasteiger charge is -2.23. The smallest absolute Gasteiger partial charge is 0.0312 e. The number of hydrogen-bond donors (Lipinski definition) is 0. The largest absolute Gasteiger partial charge is 0.302 e. The Morgan fingerprint density at radius 3 is 2.38 bits per heavy atom. The highest BCUT2D eigenvalue weighted by atomic mass is 15.2. The first-order valence-electron chi connectivity index (χ1n) is 8.70. The minimum absolute atomic E-state index is 0.920. The van der Waals surface area contributed by atoms with Crippen LogP contribution >= 0.6 is 0 Å². The lowest BCUT2D eigenvalue weighted by atomic mass is 10.0. The Bertz CT molecular complexity index is 441. The van der Waals surface area contributed by atoms with Crippen molar-refractivity contribution in [1.29, 1.82) is 0 Å². The quantitative estimate of drug-likeness (QED) is 0.848. The van der Waals surface area contributed by atoms with Crippen LogP contribution in [0.1, 0.15) is 31.2 Å². The molecule has 3 heterocycles. The molecule has 0 N–H and O–H groups in total. The second-order valence-electron chi connectivity index (χ2n) is 7.44. The minimum Gasteiger partial charge on any atom is -0.302 e. The van der Waals surface area contributed by atoms with Gasteiger partial charge in [0.25, 0.3) is 0 Å². The van der Waals surface area contributed by atoms with Crippen LogP contribution in [0.15, 0.2) is 24.5 Å². The van der Waals surface area contributed by atoms with E-state index in [9.17, 15) is 0 Å². The maximum absolute atomic E-state index is 4.23.